The zero-order valence-corrected chi connectivity index (χ0v) is 37.8. The van der Waals surface area contributed by atoms with E-state index in [2.05, 4.69) is 13.8 Å². The van der Waals surface area contributed by atoms with E-state index >= 15 is 0 Å². The van der Waals surface area contributed by atoms with Crippen LogP contribution in [0.15, 0.2) is 0 Å². The number of aliphatic carboxylic acids is 1. The third-order valence-corrected chi connectivity index (χ3v) is 11.2. The number of hydrogen-bond donors (Lipinski definition) is 0. The molecule has 0 rings (SSSR count). The first kappa shape index (κ1) is 54.3. The first-order chi connectivity index (χ1) is 27.1. The molecule has 8 heteroatoms. The van der Waals surface area contributed by atoms with E-state index in [4.69, 9.17) is 14.2 Å². The number of nitrogens with zero attached hydrogens (tertiary/aromatic N) is 1. The highest BCUT2D eigenvalue weighted by Crippen LogP contribution is 2.17. The lowest BCUT2D eigenvalue weighted by Gasteiger charge is -2.34. The van der Waals surface area contributed by atoms with Crippen molar-refractivity contribution in [3.63, 3.8) is 0 Å². The van der Waals surface area contributed by atoms with Gasteiger partial charge in [-0.1, -0.05) is 206 Å². The predicted octanol–water partition coefficient (Wildman–Crippen LogP) is 12.0. The van der Waals surface area contributed by atoms with E-state index in [1.54, 1.807) is 21.1 Å². The van der Waals surface area contributed by atoms with Gasteiger partial charge in [0.15, 0.2) is 6.10 Å². The minimum absolute atomic E-state index is 0.0490. The maximum absolute atomic E-state index is 12.7. The van der Waals surface area contributed by atoms with Crippen molar-refractivity contribution in [1.29, 1.82) is 0 Å². The van der Waals surface area contributed by atoms with Crippen LogP contribution in [0.2, 0.25) is 0 Å². The molecular weight excluding hydrogens is 703 g/mol. The van der Waals surface area contributed by atoms with E-state index in [0.29, 0.717) is 12.8 Å². The van der Waals surface area contributed by atoms with Crippen LogP contribution in [0.4, 0.5) is 0 Å². The first-order valence-electron chi connectivity index (χ1n) is 24.1. The molecule has 0 aliphatic carbocycles. The van der Waals surface area contributed by atoms with Crippen LogP contribution in [-0.2, 0) is 28.6 Å². The number of hydrogen-bond acceptors (Lipinski definition) is 7. The Morgan fingerprint density at radius 2 is 0.786 bits per heavy atom. The van der Waals surface area contributed by atoms with Gasteiger partial charge in [0.2, 0.25) is 0 Å². The summed E-state index contributed by atoms with van der Waals surface area (Å²) in [5, 5.41) is 11.6. The van der Waals surface area contributed by atoms with Crippen LogP contribution >= 0.6 is 0 Å². The topological polar surface area (TPSA) is 102 Å². The van der Waals surface area contributed by atoms with E-state index in [1.165, 1.54) is 167 Å². The third kappa shape index (κ3) is 37.9. The maximum atomic E-state index is 12.7. The average molecular weight is 796 g/mol. The second-order valence-corrected chi connectivity index (χ2v) is 17.7. The van der Waals surface area contributed by atoms with E-state index in [9.17, 15) is 19.5 Å². The van der Waals surface area contributed by atoms with Crippen LogP contribution in [0.25, 0.3) is 0 Å². The molecule has 0 spiro atoms. The van der Waals surface area contributed by atoms with Gasteiger partial charge >= 0.3 is 11.9 Å². The molecule has 0 aliphatic heterocycles. The van der Waals surface area contributed by atoms with E-state index in [1.807, 2.05) is 0 Å². The summed E-state index contributed by atoms with van der Waals surface area (Å²) in [7, 11) is 5.42. The number of carbonyl (C=O) groups excluding carboxylic acids is 3. The van der Waals surface area contributed by atoms with Gasteiger partial charge in [0.1, 0.15) is 12.6 Å². The molecule has 0 aromatic rings. The Morgan fingerprint density at radius 1 is 0.464 bits per heavy atom. The average Bonchev–Trinajstić information content (AvgIpc) is 3.15. The lowest BCUT2D eigenvalue weighted by Crippen LogP contribution is -2.55. The molecule has 0 radical (unpaired) electrons. The van der Waals surface area contributed by atoms with Gasteiger partial charge in [0.05, 0.1) is 40.3 Å². The molecule has 0 saturated heterocycles. The predicted molar refractivity (Wildman–Crippen MR) is 231 cm³/mol. The summed E-state index contributed by atoms with van der Waals surface area (Å²) < 4.78 is 17.2. The molecular formula is C48H93NO7. The molecule has 0 aliphatic rings. The quantitative estimate of drug-likeness (QED) is 0.0344. The summed E-state index contributed by atoms with van der Waals surface area (Å²) in [6.07, 6.45) is 41.4. The summed E-state index contributed by atoms with van der Waals surface area (Å²) in [6.45, 7) is 4.69. The minimum atomic E-state index is -1.12. The number of rotatable bonds is 44. The van der Waals surface area contributed by atoms with Gasteiger partial charge in [-0.25, -0.2) is 0 Å². The number of carboxylic acid groups (broad SMARTS) is 1. The number of unbranched alkanes of at least 4 members (excludes halogenated alkanes) is 30. The van der Waals surface area contributed by atoms with Crippen LogP contribution < -0.4 is 5.11 Å². The fraction of sp³-hybridized carbons (Fsp3) is 0.938. The molecule has 0 aromatic carbocycles. The lowest BCUT2D eigenvalue weighted by atomic mass is 10.0. The fourth-order valence-electron chi connectivity index (χ4n) is 7.49. The second kappa shape index (κ2) is 40.1. The van der Waals surface area contributed by atoms with Crippen LogP contribution in [0, 0.1) is 0 Å². The largest absolute Gasteiger partial charge is 0.544 e. The highest BCUT2D eigenvalue weighted by atomic mass is 16.6. The molecule has 56 heavy (non-hydrogen) atoms. The molecule has 0 saturated carbocycles. The van der Waals surface area contributed by atoms with Crippen LogP contribution in [0.5, 0.6) is 0 Å². The van der Waals surface area contributed by atoms with E-state index < -0.39 is 18.1 Å². The number of carboxylic acids is 1. The van der Waals surface area contributed by atoms with E-state index in [-0.39, 0.29) is 42.7 Å². The Hall–Kier alpha value is -1.67. The van der Waals surface area contributed by atoms with Crippen LogP contribution in [-0.4, -0.2) is 75.5 Å². The van der Waals surface area contributed by atoms with Gasteiger partial charge in [-0.05, 0) is 12.8 Å². The number of ether oxygens (including phenoxy) is 3. The number of likely N-dealkylation sites (N-methyl/N-ethyl adjacent to an activating group) is 1. The van der Waals surface area contributed by atoms with Crippen molar-refractivity contribution < 1.29 is 38.2 Å². The van der Waals surface area contributed by atoms with Crippen LogP contribution in [0.1, 0.15) is 239 Å². The summed E-state index contributed by atoms with van der Waals surface area (Å²) >= 11 is 0. The van der Waals surface area contributed by atoms with Crippen molar-refractivity contribution in [3.05, 3.63) is 0 Å². The summed E-state index contributed by atoms with van der Waals surface area (Å²) in [6, 6.07) is -0.719. The van der Waals surface area contributed by atoms with Gasteiger partial charge < -0.3 is 28.6 Å². The molecule has 0 heterocycles. The first-order valence-corrected chi connectivity index (χ1v) is 24.1. The Morgan fingerprint density at radius 3 is 1.11 bits per heavy atom. The summed E-state index contributed by atoms with van der Waals surface area (Å²) in [4.78, 5) is 36.8. The SMILES string of the molecule is CCCCCCCCCCCCCCCCCCCCCCCCC(=O)OCC(COCCC(C(=O)[O-])[N+](C)(C)C)OC(=O)CCCCCCCCCCCC. The lowest BCUT2D eigenvalue weighted by molar-refractivity contribution is -0.889. The summed E-state index contributed by atoms with van der Waals surface area (Å²) in [5.41, 5.74) is 0. The molecule has 0 amide bonds. The van der Waals surface area contributed by atoms with Crippen LogP contribution in [0.3, 0.4) is 0 Å². The number of esters is 2. The van der Waals surface area contributed by atoms with Crippen molar-refractivity contribution >= 4 is 17.9 Å². The van der Waals surface area contributed by atoms with E-state index in [0.717, 1.165) is 38.5 Å². The molecule has 0 bridgehead atoms. The maximum Gasteiger partial charge on any atom is 0.306 e. The molecule has 2 unspecified atom stereocenters. The Bertz CT molecular complexity index is 889. The molecule has 0 N–H and O–H groups in total. The van der Waals surface area contributed by atoms with Gasteiger partial charge in [0.25, 0.3) is 0 Å². The molecule has 8 nitrogen and oxygen atoms in total. The second-order valence-electron chi connectivity index (χ2n) is 17.7. The van der Waals surface area contributed by atoms with Gasteiger partial charge in [0, 0.05) is 19.3 Å². The molecule has 0 fully saturated rings. The van der Waals surface area contributed by atoms with Gasteiger partial charge in [-0.15, -0.1) is 0 Å². The van der Waals surface area contributed by atoms with Crippen molar-refractivity contribution in [2.75, 3.05) is 41.0 Å². The van der Waals surface area contributed by atoms with Crippen molar-refractivity contribution in [2.45, 2.75) is 251 Å². The molecule has 2 atom stereocenters. The number of carbonyl (C=O) groups is 3. The monoisotopic (exact) mass is 796 g/mol. The fourth-order valence-corrected chi connectivity index (χ4v) is 7.49. The minimum Gasteiger partial charge on any atom is -0.544 e. The standard InChI is InChI=1S/C48H93NO7/c1-6-8-10-12-14-16-18-19-20-21-22-23-24-25-26-27-28-29-31-32-34-36-38-46(50)55-43-44(42-54-41-40-45(48(52)53)49(3,4)5)56-47(51)39-37-35-33-30-17-15-13-11-9-7-2/h44-45H,6-43H2,1-5H3. The Kier molecular flexibility index (Phi) is 38.9. The molecule has 332 valence electrons. The van der Waals surface area contributed by atoms with Crippen molar-refractivity contribution in [2.24, 2.45) is 0 Å². The normalized spacial score (nSPS) is 12.8. The highest BCUT2D eigenvalue weighted by Gasteiger charge is 2.25. The van der Waals surface area contributed by atoms with Crippen molar-refractivity contribution in [3.8, 4) is 0 Å². The zero-order chi connectivity index (χ0) is 41.4. The zero-order valence-electron chi connectivity index (χ0n) is 37.8. The smallest absolute Gasteiger partial charge is 0.306 e. The van der Waals surface area contributed by atoms with Gasteiger partial charge in [-0.2, -0.15) is 0 Å². The summed E-state index contributed by atoms with van der Waals surface area (Å²) in [5.74, 6) is -1.71. The van der Waals surface area contributed by atoms with Gasteiger partial charge in [-0.3, -0.25) is 9.59 Å². The third-order valence-electron chi connectivity index (χ3n) is 11.2. The Labute approximate surface area is 346 Å². The van der Waals surface area contributed by atoms with Crippen molar-refractivity contribution in [1.82, 2.24) is 0 Å². The molecule has 0 aromatic heterocycles. The number of quaternary nitrogens is 1. The Balaban J connectivity index is 4.10. The highest BCUT2D eigenvalue weighted by molar-refractivity contribution is 5.70.